The van der Waals surface area contributed by atoms with Crippen molar-refractivity contribution < 1.29 is 9.13 Å². The van der Waals surface area contributed by atoms with E-state index in [1.807, 2.05) is 30.3 Å². The van der Waals surface area contributed by atoms with E-state index in [0.29, 0.717) is 23.5 Å². The van der Waals surface area contributed by atoms with Gasteiger partial charge in [-0.1, -0.05) is 43.6 Å². The lowest BCUT2D eigenvalue weighted by molar-refractivity contribution is 0.321. The molecule has 0 radical (unpaired) electrons. The van der Waals surface area contributed by atoms with E-state index in [1.54, 1.807) is 13.2 Å². The third-order valence-electron chi connectivity index (χ3n) is 6.53. The molecule has 164 valence electrons. The van der Waals surface area contributed by atoms with Gasteiger partial charge in [0.1, 0.15) is 5.82 Å². The molecule has 0 bridgehead atoms. The molecule has 3 atom stereocenters. The van der Waals surface area contributed by atoms with Crippen LogP contribution >= 0.6 is 11.6 Å². The van der Waals surface area contributed by atoms with E-state index in [0.717, 1.165) is 47.2 Å². The molecule has 1 fully saturated rings. The standard InChI is InChI=1S/C25H29ClFN3O/c1-14-10-23(18-7-9-22(27)19(12-18)17-5-6-17)29-25(31-3)30-24(15(14)2)20-11-16(13-28)4-8-21(20)26/h4,7-9,11-12,14-15,17,24H,5-6,10,13,28H2,1-3H3/b29-23+,30-25+/t14-,15?,24?/m1/s1. The summed E-state index contributed by atoms with van der Waals surface area (Å²) >= 11 is 6.55. The third-order valence-corrected chi connectivity index (χ3v) is 6.88. The fourth-order valence-corrected chi connectivity index (χ4v) is 4.47. The number of nitrogens with zero attached hydrogens (tertiary/aromatic N) is 2. The maximum Gasteiger partial charge on any atom is 0.312 e. The van der Waals surface area contributed by atoms with E-state index >= 15 is 0 Å². The summed E-state index contributed by atoms with van der Waals surface area (Å²) in [7, 11) is 1.57. The van der Waals surface area contributed by atoms with Gasteiger partial charge >= 0.3 is 6.02 Å². The van der Waals surface area contributed by atoms with Crippen LogP contribution in [0.2, 0.25) is 5.02 Å². The second kappa shape index (κ2) is 9.09. The largest absolute Gasteiger partial charge is 0.467 e. The van der Waals surface area contributed by atoms with Crippen molar-refractivity contribution in [3.05, 3.63) is 69.5 Å². The Bertz CT molecular complexity index is 1030. The van der Waals surface area contributed by atoms with Crippen LogP contribution in [-0.4, -0.2) is 18.8 Å². The molecule has 2 aliphatic rings. The van der Waals surface area contributed by atoms with Crippen molar-refractivity contribution in [1.29, 1.82) is 0 Å². The highest BCUT2D eigenvalue weighted by Crippen LogP contribution is 2.42. The molecule has 1 heterocycles. The van der Waals surface area contributed by atoms with Gasteiger partial charge in [-0.2, -0.15) is 0 Å². The predicted octanol–water partition coefficient (Wildman–Crippen LogP) is 6.02. The van der Waals surface area contributed by atoms with Gasteiger partial charge in [-0.3, -0.25) is 0 Å². The van der Waals surface area contributed by atoms with Gasteiger partial charge in [0.2, 0.25) is 0 Å². The molecular weight excluding hydrogens is 413 g/mol. The second-order valence-electron chi connectivity index (χ2n) is 8.73. The van der Waals surface area contributed by atoms with Gasteiger partial charge in [0, 0.05) is 11.6 Å². The smallest absolute Gasteiger partial charge is 0.312 e. The Morgan fingerprint density at radius 1 is 1.13 bits per heavy atom. The first-order chi connectivity index (χ1) is 14.9. The minimum absolute atomic E-state index is 0.130. The number of nitrogens with two attached hydrogens (primary N) is 1. The van der Waals surface area contributed by atoms with Crippen LogP contribution in [0, 0.1) is 17.7 Å². The zero-order chi connectivity index (χ0) is 22.1. The van der Waals surface area contributed by atoms with Crippen molar-refractivity contribution in [2.24, 2.45) is 27.6 Å². The molecule has 31 heavy (non-hydrogen) atoms. The van der Waals surface area contributed by atoms with Crippen LogP contribution in [0.4, 0.5) is 4.39 Å². The summed E-state index contributed by atoms with van der Waals surface area (Å²) in [4.78, 5) is 9.62. The van der Waals surface area contributed by atoms with Crippen LogP contribution in [0.1, 0.15) is 67.3 Å². The van der Waals surface area contributed by atoms with E-state index in [-0.39, 0.29) is 23.7 Å². The number of benzene rings is 2. The van der Waals surface area contributed by atoms with Crippen LogP contribution in [0.3, 0.4) is 0 Å². The zero-order valence-electron chi connectivity index (χ0n) is 18.2. The maximum atomic E-state index is 14.3. The van der Waals surface area contributed by atoms with Crippen molar-refractivity contribution in [3.63, 3.8) is 0 Å². The van der Waals surface area contributed by atoms with Gasteiger partial charge in [-0.25, -0.2) is 14.4 Å². The summed E-state index contributed by atoms with van der Waals surface area (Å²) < 4.78 is 19.8. The first-order valence-corrected chi connectivity index (χ1v) is 11.3. The summed E-state index contributed by atoms with van der Waals surface area (Å²) in [6, 6.07) is 11.3. The van der Waals surface area contributed by atoms with Crippen LogP contribution in [0.15, 0.2) is 46.4 Å². The van der Waals surface area contributed by atoms with E-state index in [9.17, 15) is 4.39 Å². The Kier molecular flexibility index (Phi) is 6.44. The minimum atomic E-state index is -0.190. The number of halogens is 2. The number of ether oxygens (including phenoxy) is 1. The molecular formula is C25H29ClFN3O. The quantitative estimate of drug-likeness (QED) is 0.630. The second-order valence-corrected chi connectivity index (χ2v) is 9.14. The molecule has 6 heteroatoms. The van der Waals surface area contributed by atoms with E-state index in [1.165, 1.54) is 0 Å². The van der Waals surface area contributed by atoms with E-state index in [2.05, 4.69) is 13.8 Å². The Morgan fingerprint density at radius 2 is 1.90 bits per heavy atom. The van der Waals surface area contributed by atoms with Gasteiger partial charge < -0.3 is 10.5 Å². The van der Waals surface area contributed by atoms with Crippen LogP contribution in [-0.2, 0) is 11.3 Å². The first kappa shape index (κ1) is 22.0. The molecule has 0 spiro atoms. The molecule has 0 amide bonds. The number of aliphatic imine (C=N–C) groups is 2. The molecule has 2 aromatic carbocycles. The van der Waals surface area contributed by atoms with Gasteiger partial charge in [0.25, 0.3) is 0 Å². The molecule has 2 N–H and O–H groups in total. The molecule has 1 aliphatic carbocycles. The summed E-state index contributed by atoms with van der Waals surface area (Å²) in [5.41, 5.74) is 10.4. The molecule has 4 rings (SSSR count). The maximum absolute atomic E-state index is 14.3. The van der Waals surface area contributed by atoms with Crippen molar-refractivity contribution in [3.8, 4) is 0 Å². The van der Waals surface area contributed by atoms with Gasteiger partial charge in [-0.15, -0.1) is 0 Å². The SMILES string of the molecule is COC1=N/C(c2cc(CN)ccc2Cl)C(C)[C@H](C)C/C(c2ccc(F)c(C3CC3)c2)=N\1. The minimum Gasteiger partial charge on any atom is -0.467 e. The molecule has 0 saturated heterocycles. The predicted molar refractivity (Wildman–Crippen MR) is 124 cm³/mol. The number of hydrogen-bond acceptors (Lipinski definition) is 4. The molecule has 2 aromatic rings. The fourth-order valence-electron chi connectivity index (χ4n) is 4.24. The highest BCUT2D eigenvalue weighted by Gasteiger charge is 2.31. The summed E-state index contributed by atoms with van der Waals surface area (Å²) in [6.07, 6.45) is 2.84. The number of amidine groups is 1. The Balaban J connectivity index is 1.77. The van der Waals surface area contributed by atoms with Gasteiger partial charge in [-0.05, 0) is 77.5 Å². The average molecular weight is 442 g/mol. The lowest BCUT2D eigenvalue weighted by Gasteiger charge is -2.30. The monoisotopic (exact) mass is 441 g/mol. The third kappa shape index (κ3) is 4.68. The Labute approximate surface area is 188 Å². The van der Waals surface area contributed by atoms with E-state index < -0.39 is 0 Å². The van der Waals surface area contributed by atoms with Crippen molar-refractivity contribution >= 4 is 23.3 Å². The van der Waals surface area contributed by atoms with Gasteiger partial charge in [0.15, 0.2) is 0 Å². The number of rotatable bonds is 4. The highest BCUT2D eigenvalue weighted by molar-refractivity contribution is 6.31. The van der Waals surface area contributed by atoms with Crippen molar-refractivity contribution in [2.45, 2.75) is 51.6 Å². The van der Waals surface area contributed by atoms with Crippen LogP contribution in [0.25, 0.3) is 0 Å². The molecule has 4 nitrogen and oxygen atoms in total. The summed E-state index contributed by atoms with van der Waals surface area (Å²) in [5, 5.41) is 0.665. The number of hydrogen-bond donors (Lipinski definition) is 1. The average Bonchev–Trinajstić information content (AvgIpc) is 3.60. The van der Waals surface area contributed by atoms with Gasteiger partial charge in [0.05, 0.1) is 18.9 Å². The van der Waals surface area contributed by atoms with Crippen molar-refractivity contribution in [1.82, 2.24) is 0 Å². The first-order valence-electron chi connectivity index (χ1n) is 10.9. The highest BCUT2D eigenvalue weighted by atomic mass is 35.5. The normalized spacial score (nSPS) is 27.5. The Morgan fingerprint density at radius 3 is 2.58 bits per heavy atom. The molecule has 1 saturated carbocycles. The number of methoxy groups -OCH3 is 1. The molecule has 0 aromatic heterocycles. The summed E-state index contributed by atoms with van der Waals surface area (Å²) in [6.45, 7) is 4.82. The lowest BCUT2D eigenvalue weighted by Crippen LogP contribution is -2.24. The summed E-state index contributed by atoms with van der Waals surface area (Å²) in [5.74, 6) is 0.666. The lowest BCUT2D eigenvalue weighted by atomic mass is 9.81. The van der Waals surface area contributed by atoms with Crippen molar-refractivity contribution in [2.75, 3.05) is 7.11 Å². The fraction of sp³-hybridized carbons (Fsp3) is 0.440. The Hall–Kier alpha value is -2.24. The molecule has 1 aliphatic heterocycles. The topological polar surface area (TPSA) is 60.0 Å². The van der Waals surface area contributed by atoms with E-state index in [4.69, 9.17) is 32.1 Å². The zero-order valence-corrected chi connectivity index (χ0v) is 19.0. The van der Waals surface area contributed by atoms with Crippen LogP contribution in [0.5, 0.6) is 0 Å². The molecule has 2 unspecified atom stereocenters. The van der Waals surface area contributed by atoms with Crippen LogP contribution < -0.4 is 5.73 Å².